The maximum absolute atomic E-state index is 10.3. The quantitative estimate of drug-likeness (QED) is 0.558. The third-order valence-electron chi connectivity index (χ3n) is 3.59. The van der Waals surface area contributed by atoms with Crippen LogP contribution in [0.3, 0.4) is 0 Å². The molecule has 0 amide bonds. The molecule has 1 atom stereocenters. The molecule has 0 aliphatic rings. The molecule has 0 spiro atoms. The Labute approximate surface area is 137 Å². The van der Waals surface area contributed by atoms with Gasteiger partial charge < -0.3 is 15.7 Å². The Balaban J connectivity index is 1.93. The average Bonchev–Trinajstić information content (AvgIpc) is 2.95. The SMILES string of the molecule is CCNC(=NCc1ccnn1C)NCC(O)c1ccc(C)cc1. The van der Waals surface area contributed by atoms with Gasteiger partial charge in [0.05, 0.1) is 18.3 Å². The van der Waals surface area contributed by atoms with E-state index in [0.717, 1.165) is 17.8 Å². The molecule has 0 radical (unpaired) electrons. The zero-order valence-electron chi connectivity index (χ0n) is 14.0. The standard InChI is InChI=1S/C17H25N5O/c1-4-18-17(19-11-15-9-10-21-22(15)3)20-12-16(23)14-7-5-13(2)6-8-14/h5-10,16,23H,4,11-12H2,1-3H3,(H2,18,19,20). The Bertz CT molecular complexity index is 633. The summed E-state index contributed by atoms with van der Waals surface area (Å²) >= 11 is 0. The van der Waals surface area contributed by atoms with Gasteiger partial charge in [-0.3, -0.25) is 4.68 Å². The fourth-order valence-electron chi connectivity index (χ4n) is 2.16. The molecule has 3 N–H and O–H groups in total. The summed E-state index contributed by atoms with van der Waals surface area (Å²) < 4.78 is 1.80. The van der Waals surface area contributed by atoms with Gasteiger partial charge in [0.25, 0.3) is 0 Å². The molecule has 1 aromatic heterocycles. The lowest BCUT2D eigenvalue weighted by molar-refractivity contribution is 0.181. The van der Waals surface area contributed by atoms with Crippen molar-refractivity contribution in [3.8, 4) is 0 Å². The van der Waals surface area contributed by atoms with Gasteiger partial charge in [-0.25, -0.2) is 4.99 Å². The largest absolute Gasteiger partial charge is 0.387 e. The smallest absolute Gasteiger partial charge is 0.191 e. The van der Waals surface area contributed by atoms with Crippen molar-refractivity contribution in [1.82, 2.24) is 20.4 Å². The van der Waals surface area contributed by atoms with Gasteiger partial charge in [0.1, 0.15) is 0 Å². The molecule has 0 aliphatic heterocycles. The number of rotatable bonds is 6. The van der Waals surface area contributed by atoms with Crippen LogP contribution in [0.1, 0.15) is 29.8 Å². The lowest BCUT2D eigenvalue weighted by atomic mass is 10.1. The van der Waals surface area contributed by atoms with Gasteiger partial charge in [-0.1, -0.05) is 29.8 Å². The molecule has 23 heavy (non-hydrogen) atoms. The summed E-state index contributed by atoms with van der Waals surface area (Å²) in [6.45, 7) is 5.74. The van der Waals surface area contributed by atoms with Crippen LogP contribution >= 0.6 is 0 Å². The van der Waals surface area contributed by atoms with E-state index in [1.165, 1.54) is 5.56 Å². The van der Waals surface area contributed by atoms with Crippen molar-refractivity contribution in [2.24, 2.45) is 12.0 Å². The van der Waals surface area contributed by atoms with Crippen LogP contribution in [0.25, 0.3) is 0 Å². The fourth-order valence-corrected chi connectivity index (χ4v) is 2.16. The highest BCUT2D eigenvalue weighted by Gasteiger charge is 2.08. The van der Waals surface area contributed by atoms with Gasteiger partial charge in [0, 0.05) is 26.3 Å². The van der Waals surface area contributed by atoms with E-state index in [1.54, 1.807) is 10.9 Å². The van der Waals surface area contributed by atoms with Gasteiger partial charge in [0.2, 0.25) is 0 Å². The maximum Gasteiger partial charge on any atom is 0.191 e. The fraction of sp³-hybridized carbons (Fsp3) is 0.412. The highest BCUT2D eigenvalue weighted by Crippen LogP contribution is 2.12. The number of aliphatic hydroxyl groups excluding tert-OH is 1. The molecule has 2 rings (SSSR count). The van der Waals surface area contributed by atoms with Crippen LogP contribution in [0.4, 0.5) is 0 Å². The molecule has 6 heteroatoms. The average molecular weight is 315 g/mol. The zero-order valence-corrected chi connectivity index (χ0v) is 14.0. The van der Waals surface area contributed by atoms with Crippen molar-refractivity contribution in [2.75, 3.05) is 13.1 Å². The van der Waals surface area contributed by atoms with Crippen LogP contribution in [-0.4, -0.2) is 33.9 Å². The molecule has 124 valence electrons. The number of aromatic nitrogens is 2. The van der Waals surface area contributed by atoms with Crippen LogP contribution in [0.5, 0.6) is 0 Å². The minimum absolute atomic E-state index is 0.403. The number of guanidine groups is 1. The van der Waals surface area contributed by atoms with E-state index >= 15 is 0 Å². The number of aryl methyl sites for hydroxylation is 2. The minimum atomic E-state index is -0.573. The predicted octanol–water partition coefficient (Wildman–Crippen LogP) is 1.52. The van der Waals surface area contributed by atoms with E-state index in [9.17, 15) is 5.11 Å². The van der Waals surface area contributed by atoms with Gasteiger partial charge in [-0.05, 0) is 25.5 Å². The predicted molar refractivity (Wildman–Crippen MR) is 92.2 cm³/mol. The lowest BCUT2D eigenvalue weighted by Crippen LogP contribution is -2.39. The maximum atomic E-state index is 10.3. The summed E-state index contributed by atoms with van der Waals surface area (Å²) in [6.07, 6.45) is 1.18. The lowest BCUT2D eigenvalue weighted by Gasteiger charge is -2.15. The van der Waals surface area contributed by atoms with Gasteiger partial charge in [0.15, 0.2) is 5.96 Å². The number of aliphatic imine (C=N–C) groups is 1. The van der Waals surface area contributed by atoms with Crippen molar-refractivity contribution < 1.29 is 5.11 Å². The Kier molecular flexibility index (Phi) is 6.17. The number of hydrogen-bond acceptors (Lipinski definition) is 3. The summed E-state index contributed by atoms with van der Waals surface area (Å²) in [7, 11) is 1.90. The Hall–Kier alpha value is -2.34. The Morgan fingerprint density at radius 1 is 1.26 bits per heavy atom. The molecule has 0 bridgehead atoms. The first-order valence-corrected chi connectivity index (χ1v) is 7.84. The second kappa shape index (κ2) is 8.33. The van der Waals surface area contributed by atoms with Gasteiger partial charge in [-0.2, -0.15) is 5.10 Å². The summed E-state index contributed by atoms with van der Waals surface area (Å²) in [4.78, 5) is 4.52. The normalized spacial score (nSPS) is 13.0. The minimum Gasteiger partial charge on any atom is -0.387 e. The number of aliphatic hydroxyl groups is 1. The molecule has 1 unspecified atom stereocenters. The van der Waals surface area contributed by atoms with Crippen molar-refractivity contribution >= 4 is 5.96 Å². The van der Waals surface area contributed by atoms with Crippen molar-refractivity contribution in [3.05, 3.63) is 53.3 Å². The molecule has 0 fully saturated rings. The van der Waals surface area contributed by atoms with Crippen LogP contribution in [-0.2, 0) is 13.6 Å². The third-order valence-corrected chi connectivity index (χ3v) is 3.59. The van der Waals surface area contributed by atoms with Crippen molar-refractivity contribution in [3.63, 3.8) is 0 Å². The van der Waals surface area contributed by atoms with E-state index in [0.29, 0.717) is 19.0 Å². The zero-order chi connectivity index (χ0) is 16.7. The first-order chi connectivity index (χ1) is 11.1. The van der Waals surface area contributed by atoms with Crippen LogP contribution in [0.2, 0.25) is 0 Å². The van der Waals surface area contributed by atoms with E-state index < -0.39 is 6.10 Å². The molecular formula is C17H25N5O. The van der Waals surface area contributed by atoms with Crippen LogP contribution < -0.4 is 10.6 Å². The van der Waals surface area contributed by atoms with Crippen LogP contribution in [0, 0.1) is 6.92 Å². The van der Waals surface area contributed by atoms with Gasteiger partial charge >= 0.3 is 0 Å². The monoisotopic (exact) mass is 315 g/mol. The highest BCUT2D eigenvalue weighted by atomic mass is 16.3. The van der Waals surface area contributed by atoms with E-state index in [1.807, 2.05) is 51.2 Å². The second-order valence-corrected chi connectivity index (χ2v) is 5.45. The molecule has 1 heterocycles. The van der Waals surface area contributed by atoms with E-state index in [2.05, 4.69) is 20.7 Å². The second-order valence-electron chi connectivity index (χ2n) is 5.45. The molecule has 0 aliphatic carbocycles. The molecular weight excluding hydrogens is 290 g/mol. The summed E-state index contributed by atoms with van der Waals surface area (Å²) in [5.41, 5.74) is 3.10. The third kappa shape index (κ3) is 5.10. The van der Waals surface area contributed by atoms with E-state index in [4.69, 9.17) is 0 Å². The van der Waals surface area contributed by atoms with Crippen LogP contribution in [0.15, 0.2) is 41.5 Å². The summed E-state index contributed by atoms with van der Waals surface area (Å²) in [5.74, 6) is 0.680. The Morgan fingerprint density at radius 2 is 2.00 bits per heavy atom. The highest BCUT2D eigenvalue weighted by molar-refractivity contribution is 5.79. The number of nitrogens with zero attached hydrogens (tertiary/aromatic N) is 3. The number of nitrogens with one attached hydrogen (secondary N) is 2. The molecule has 2 aromatic rings. The van der Waals surface area contributed by atoms with Crippen molar-refractivity contribution in [1.29, 1.82) is 0 Å². The summed E-state index contributed by atoms with van der Waals surface area (Å²) in [6, 6.07) is 9.83. The van der Waals surface area contributed by atoms with E-state index in [-0.39, 0.29) is 0 Å². The molecule has 6 nitrogen and oxygen atoms in total. The molecule has 0 saturated carbocycles. The first-order valence-electron chi connectivity index (χ1n) is 7.84. The van der Waals surface area contributed by atoms with Crippen molar-refractivity contribution in [2.45, 2.75) is 26.5 Å². The first kappa shape index (κ1) is 17.0. The topological polar surface area (TPSA) is 74.5 Å². The molecule has 1 aromatic carbocycles. The summed E-state index contributed by atoms with van der Waals surface area (Å²) in [5, 5.41) is 20.7. The van der Waals surface area contributed by atoms with Gasteiger partial charge in [-0.15, -0.1) is 0 Å². The number of benzene rings is 1. The number of hydrogen-bond donors (Lipinski definition) is 3. The molecule has 0 saturated heterocycles. The Morgan fingerprint density at radius 3 is 2.61 bits per heavy atom.